The second-order valence-electron chi connectivity index (χ2n) is 5.43. The van der Waals surface area contributed by atoms with Crippen LogP contribution in [0.1, 0.15) is 20.8 Å². The number of carbonyl (C=O) groups excluding carboxylic acids is 1. The molecule has 22 heavy (non-hydrogen) atoms. The van der Waals surface area contributed by atoms with Crippen molar-refractivity contribution in [3.63, 3.8) is 0 Å². The fourth-order valence-corrected chi connectivity index (χ4v) is 2.99. The van der Waals surface area contributed by atoms with E-state index in [0.717, 1.165) is 0 Å². The van der Waals surface area contributed by atoms with Crippen molar-refractivity contribution in [2.24, 2.45) is 5.92 Å². The Bertz CT molecular complexity index is 582. The highest BCUT2D eigenvalue weighted by Gasteiger charge is 2.15. The number of carbonyl (C=O) groups is 1. The molecule has 0 spiro atoms. The van der Waals surface area contributed by atoms with Crippen LogP contribution in [0, 0.1) is 5.92 Å². The molecule has 1 rings (SSSR count). The quantitative estimate of drug-likeness (QED) is 0.784. The molecule has 0 bridgehead atoms. The number of methoxy groups -OCH3 is 1. The van der Waals surface area contributed by atoms with Gasteiger partial charge in [-0.25, -0.2) is 13.1 Å². The molecular formula is C15H24N2O4S. The Hall–Kier alpha value is -1.60. The topological polar surface area (TPSA) is 75.7 Å². The molecule has 1 N–H and O–H groups in total. The van der Waals surface area contributed by atoms with Crippen LogP contribution in [0.25, 0.3) is 0 Å². The van der Waals surface area contributed by atoms with Crippen LogP contribution < -0.4 is 9.46 Å². The van der Waals surface area contributed by atoms with Crippen molar-refractivity contribution in [2.45, 2.75) is 25.7 Å². The minimum atomic E-state index is -3.58. The third-order valence-corrected chi connectivity index (χ3v) is 4.55. The van der Waals surface area contributed by atoms with Gasteiger partial charge in [0.1, 0.15) is 5.75 Å². The summed E-state index contributed by atoms with van der Waals surface area (Å²) in [4.78, 5) is 13.3. The largest absolute Gasteiger partial charge is 0.497 e. The lowest BCUT2D eigenvalue weighted by molar-refractivity contribution is -0.129. The highest BCUT2D eigenvalue weighted by atomic mass is 32.2. The van der Waals surface area contributed by atoms with Crippen molar-refractivity contribution in [1.82, 2.24) is 9.62 Å². The van der Waals surface area contributed by atoms with Crippen LogP contribution in [0.15, 0.2) is 29.2 Å². The summed E-state index contributed by atoms with van der Waals surface area (Å²) < 4.78 is 31.8. The summed E-state index contributed by atoms with van der Waals surface area (Å²) in [7, 11) is -2.06. The third-order valence-electron chi connectivity index (χ3n) is 3.07. The monoisotopic (exact) mass is 328 g/mol. The van der Waals surface area contributed by atoms with E-state index in [4.69, 9.17) is 4.74 Å². The van der Waals surface area contributed by atoms with E-state index < -0.39 is 10.0 Å². The molecule has 0 aromatic heterocycles. The maximum atomic E-state index is 12.1. The molecule has 0 fully saturated rings. The van der Waals surface area contributed by atoms with E-state index in [0.29, 0.717) is 24.8 Å². The van der Waals surface area contributed by atoms with Gasteiger partial charge in [0.05, 0.1) is 12.0 Å². The molecule has 0 aliphatic rings. The van der Waals surface area contributed by atoms with E-state index in [-0.39, 0.29) is 17.3 Å². The Kier molecular flexibility index (Phi) is 6.83. The van der Waals surface area contributed by atoms with Crippen LogP contribution in [0.5, 0.6) is 5.75 Å². The second kappa shape index (κ2) is 8.14. The maximum absolute atomic E-state index is 12.1. The molecule has 0 heterocycles. The predicted octanol–water partition coefficient (Wildman–Crippen LogP) is 1.48. The van der Waals surface area contributed by atoms with Gasteiger partial charge in [0.15, 0.2) is 0 Å². The first-order valence-electron chi connectivity index (χ1n) is 7.15. The van der Waals surface area contributed by atoms with Crippen molar-refractivity contribution < 1.29 is 17.9 Å². The summed E-state index contributed by atoms with van der Waals surface area (Å²) in [6, 6.07) is 6.15. The highest BCUT2D eigenvalue weighted by molar-refractivity contribution is 7.89. The molecule has 0 saturated heterocycles. The molecule has 0 unspecified atom stereocenters. The zero-order valence-electron chi connectivity index (χ0n) is 13.5. The van der Waals surface area contributed by atoms with Gasteiger partial charge in [-0.3, -0.25) is 4.79 Å². The zero-order valence-corrected chi connectivity index (χ0v) is 14.3. The lowest BCUT2D eigenvalue weighted by Crippen LogP contribution is -2.39. The first-order valence-corrected chi connectivity index (χ1v) is 8.64. The summed E-state index contributed by atoms with van der Waals surface area (Å²) in [5.41, 5.74) is 0. The van der Waals surface area contributed by atoms with Gasteiger partial charge >= 0.3 is 0 Å². The van der Waals surface area contributed by atoms with E-state index in [1.807, 2.05) is 13.8 Å². The van der Waals surface area contributed by atoms with Crippen molar-refractivity contribution in [3.05, 3.63) is 24.3 Å². The van der Waals surface area contributed by atoms with Gasteiger partial charge < -0.3 is 9.64 Å². The number of hydrogen-bond donors (Lipinski definition) is 1. The fourth-order valence-electron chi connectivity index (χ4n) is 1.97. The molecule has 6 nitrogen and oxygen atoms in total. The van der Waals surface area contributed by atoms with Crippen LogP contribution in [-0.2, 0) is 14.8 Å². The Balaban J connectivity index is 2.62. The van der Waals surface area contributed by atoms with Crippen molar-refractivity contribution in [3.8, 4) is 5.75 Å². The normalized spacial score (nSPS) is 11.5. The smallest absolute Gasteiger partial charge is 0.240 e. The molecule has 0 atom stereocenters. The molecule has 0 radical (unpaired) electrons. The summed E-state index contributed by atoms with van der Waals surface area (Å²) in [5, 5.41) is 0. The molecular weight excluding hydrogens is 304 g/mol. The maximum Gasteiger partial charge on any atom is 0.240 e. The number of nitrogens with one attached hydrogen (secondary N) is 1. The van der Waals surface area contributed by atoms with Gasteiger partial charge in [0.25, 0.3) is 0 Å². The standard InChI is InChI=1S/C15H24N2O4S/c1-12(2)11-17(13(3)18)10-9-16-22(19,20)15-7-5-14(21-4)6-8-15/h5-8,12,16H,9-11H2,1-4H3. The van der Waals surface area contributed by atoms with E-state index in [9.17, 15) is 13.2 Å². The van der Waals surface area contributed by atoms with E-state index in [2.05, 4.69) is 4.72 Å². The van der Waals surface area contributed by atoms with Crippen LogP contribution in [0.3, 0.4) is 0 Å². The van der Waals surface area contributed by atoms with E-state index in [1.54, 1.807) is 17.0 Å². The first-order chi connectivity index (χ1) is 10.3. The molecule has 0 saturated carbocycles. The average molecular weight is 328 g/mol. The van der Waals surface area contributed by atoms with Crippen LogP contribution in [0.2, 0.25) is 0 Å². The minimum absolute atomic E-state index is 0.0580. The summed E-state index contributed by atoms with van der Waals surface area (Å²) >= 11 is 0. The fraction of sp³-hybridized carbons (Fsp3) is 0.533. The third kappa shape index (κ3) is 5.65. The van der Waals surface area contributed by atoms with Crippen LogP contribution >= 0.6 is 0 Å². The van der Waals surface area contributed by atoms with Crippen molar-refractivity contribution in [1.29, 1.82) is 0 Å². The number of ether oxygens (including phenoxy) is 1. The summed E-state index contributed by atoms with van der Waals surface area (Å²) in [5.74, 6) is 0.873. The Morgan fingerprint density at radius 3 is 2.32 bits per heavy atom. The molecule has 7 heteroatoms. The van der Waals surface area contributed by atoms with Gasteiger partial charge in [-0.2, -0.15) is 0 Å². The van der Waals surface area contributed by atoms with Gasteiger partial charge in [0, 0.05) is 26.6 Å². The molecule has 0 aliphatic heterocycles. The Morgan fingerprint density at radius 1 is 1.27 bits per heavy atom. The Labute approximate surface area is 132 Å². The molecule has 0 aliphatic carbocycles. The first kappa shape index (κ1) is 18.4. The predicted molar refractivity (Wildman–Crippen MR) is 85.3 cm³/mol. The average Bonchev–Trinajstić information content (AvgIpc) is 2.45. The highest BCUT2D eigenvalue weighted by Crippen LogP contribution is 2.15. The van der Waals surface area contributed by atoms with Gasteiger partial charge in [0.2, 0.25) is 15.9 Å². The zero-order chi connectivity index (χ0) is 16.8. The second-order valence-corrected chi connectivity index (χ2v) is 7.20. The van der Waals surface area contributed by atoms with E-state index >= 15 is 0 Å². The van der Waals surface area contributed by atoms with Gasteiger partial charge in [-0.05, 0) is 30.2 Å². The van der Waals surface area contributed by atoms with Crippen LogP contribution in [-0.4, -0.2) is 46.0 Å². The van der Waals surface area contributed by atoms with Gasteiger partial charge in [-0.15, -0.1) is 0 Å². The van der Waals surface area contributed by atoms with Crippen molar-refractivity contribution in [2.75, 3.05) is 26.7 Å². The molecule has 1 amide bonds. The lowest BCUT2D eigenvalue weighted by atomic mass is 10.2. The number of nitrogens with zero attached hydrogens (tertiary/aromatic N) is 1. The minimum Gasteiger partial charge on any atom is -0.497 e. The molecule has 1 aromatic carbocycles. The number of benzene rings is 1. The number of hydrogen-bond acceptors (Lipinski definition) is 4. The van der Waals surface area contributed by atoms with E-state index in [1.165, 1.54) is 26.2 Å². The molecule has 124 valence electrons. The number of amides is 1. The number of rotatable bonds is 8. The lowest BCUT2D eigenvalue weighted by Gasteiger charge is -2.23. The Morgan fingerprint density at radius 2 is 1.86 bits per heavy atom. The van der Waals surface area contributed by atoms with Crippen LogP contribution in [0.4, 0.5) is 0 Å². The summed E-state index contributed by atoms with van der Waals surface area (Å²) in [6.07, 6.45) is 0. The summed E-state index contributed by atoms with van der Waals surface area (Å²) in [6.45, 7) is 6.65. The SMILES string of the molecule is COc1ccc(S(=O)(=O)NCCN(CC(C)C)C(C)=O)cc1. The van der Waals surface area contributed by atoms with Gasteiger partial charge in [-0.1, -0.05) is 13.8 Å². The van der Waals surface area contributed by atoms with Crippen molar-refractivity contribution >= 4 is 15.9 Å². The number of sulfonamides is 1. The molecule has 1 aromatic rings.